The van der Waals surface area contributed by atoms with Crippen molar-refractivity contribution < 1.29 is 9.13 Å². The highest BCUT2D eigenvalue weighted by atomic mass is 19.1. The van der Waals surface area contributed by atoms with Crippen LogP contribution in [0.5, 0.6) is 0 Å². The van der Waals surface area contributed by atoms with Gasteiger partial charge >= 0.3 is 0 Å². The van der Waals surface area contributed by atoms with E-state index in [0.717, 1.165) is 31.6 Å². The number of aryl methyl sites for hydroxylation is 2. The summed E-state index contributed by atoms with van der Waals surface area (Å²) in [7, 11) is 1.97. The van der Waals surface area contributed by atoms with Crippen LogP contribution in [0.1, 0.15) is 22.9 Å². The van der Waals surface area contributed by atoms with E-state index in [1.165, 1.54) is 11.8 Å². The van der Waals surface area contributed by atoms with E-state index in [9.17, 15) is 4.39 Å². The van der Waals surface area contributed by atoms with Crippen LogP contribution in [0.25, 0.3) is 0 Å². The van der Waals surface area contributed by atoms with Gasteiger partial charge in [0.1, 0.15) is 5.82 Å². The number of ether oxygens (including phenoxy) is 1. The van der Waals surface area contributed by atoms with E-state index < -0.39 is 0 Å². The molecule has 2 aromatic rings. The van der Waals surface area contributed by atoms with Gasteiger partial charge in [-0.25, -0.2) is 4.39 Å². The smallest absolute Gasteiger partial charge is 0.126 e. The molecule has 0 aliphatic carbocycles. The molecule has 1 fully saturated rings. The summed E-state index contributed by atoms with van der Waals surface area (Å²) in [5.41, 5.74) is 2.97. The van der Waals surface area contributed by atoms with Gasteiger partial charge in [0, 0.05) is 45.0 Å². The molecule has 1 aliphatic heterocycles. The maximum absolute atomic E-state index is 13.4. The minimum absolute atomic E-state index is 0.0274. The van der Waals surface area contributed by atoms with Gasteiger partial charge in [0.2, 0.25) is 0 Å². The van der Waals surface area contributed by atoms with Crippen LogP contribution in [0.3, 0.4) is 0 Å². The maximum Gasteiger partial charge on any atom is 0.126 e. The Morgan fingerprint density at radius 2 is 2.23 bits per heavy atom. The zero-order chi connectivity index (χ0) is 15.5. The second kappa shape index (κ2) is 6.58. The quantitative estimate of drug-likeness (QED) is 0.869. The van der Waals surface area contributed by atoms with Gasteiger partial charge in [0.05, 0.1) is 12.7 Å². The van der Waals surface area contributed by atoms with E-state index in [4.69, 9.17) is 4.74 Å². The lowest BCUT2D eigenvalue weighted by Gasteiger charge is -2.33. The van der Waals surface area contributed by atoms with E-state index in [1.807, 2.05) is 30.1 Å². The molecule has 0 radical (unpaired) electrons. The first-order valence-corrected chi connectivity index (χ1v) is 7.70. The monoisotopic (exact) mass is 303 g/mol. The second-order valence-corrected chi connectivity index (χ2v) is 5.86. The lowest BCUT2D eigenvalue weighted by Crippen LogP contribution is -2.39. The van der Waals surface area contributed by atoms with Crippen LogP contribution in [-0.4, -0.2) is 40.9 Å². The molecule has 22 heavy (non-hydrogen) atoms. The van der Waals surface area contributed by atoms with Crippen LogP contribution in [-0.2, 0) is 18.2 Å². The van der Waals surface area contributed by atoms with Crippen LogP contribution in [0, 0.1) is 12.7 Å². The molecule has 0 spiro atoms. The van der Waals surface area contributed by atoms with Crippen LogP contribution in [0.4, 0.5) is 4.39 Å². The summed E-state index contributed by atoms with van der Waals surface area (Å²) in [6.07, 6.45) is 2.84. The normalized spacial score (nSPS) is 19.5. The van der Waals surface area contributed by atoms with Gasteiger partial charge in [0.15, 0.2) is 0 Å². The molecule has 0 bridgehead atoms. The first kappa shape index (κ1) is 15.2. The lowest BCUT2D eigenvalue weighted by molar-refractivity contribution is -0.0297. The SMILES string of the molecule is Cc1cc(C2CN(CCc3ccnn3C)CCO2)ccc1F. The van der Waals surface area contributed by atoms with E-state index in [1.54, 1.807) is 6.92 Å². The zero-order valence-electron chi connectivity index (χ0n) is 13.1. The molecule has 1 aromatic heterocycles. The number of hydrogen-bond acceptors (Lipinski definition) is 3. The van der Waals surface area contributed by atoms with Crippen molar-refractivity contribution in [2.24, 2.45) is 7.05 Å². The molecule has 1 atom stereocenters. The van der Waals surface area contributed by atoms with Crippen molar-refractivity contribution >= 4 is 0 Å². The third kappa shape index (κ3) is 3.36. The second-order valence-electron chi connectivity index (χ2n) is 5.86. The Labute approximate surface area is 130 Å². The summed E-state index contributed by atoms with van der Waals surface area (Å²) in [4.78, 5) is 2.40. The van der Waals surface area contributed by atoms with E-state index in [-0.39, 0.29) is 11.9 Å². The highest BCUT2D eigenvalue weighted by Gasteiger charge is 2.22. The number of halogens is 1. The van der Waals surface area contributed by atoms with Crippen molar-refractivity contribution in [3.8, 4) is 0 Å². The summed E-state index contributed by atoms with van der Waals surface area (Å²) < 4.78 is 21.2. The van der Waals surface area contributed by atoms with Crippen molar-refractivity contribution in [1.29, 1.82) is 0 Å². The zero-order valence-corrected chi connectivity index (χ0v) is 13.1. The fraction of sp³-hybridized carbons (Fsp3) is 0.471. The van der Waals surface area contributed by atoms with Crippen LogP contribution in [0.15, 0.2) is 30.5 Å². The first-order chi connectivity index (χ1) is 10.6. The van der Waals surface area contributed by atoms with Gasteiger partial charge in [-0.05, 0) is 30.2 Å². The molecule has 1 unspecified atom stereocenters. The number of hydrogen-bond donors (Lipinski definition) is 0. The van der Waals surface area contributed by atoms with Gasteiger partial charge in [-0.3, -0.25) is 9.58 Å². The first-order valence-electron chi connectivity index (χ1n) is 7.70. The number of aromatic nitrogens is 2. The highest BCUT2D eigenvalue weighted by Crippen LogP contribution is 2.24. The molecule has 0 N–H and O–H groups in total. The predicted molar refractivity (Wildman–Crippen MR) is 83.2 cm³/mol. The molecule has 4 nitrogen and oxygen atoms in total. The average Bonchev–Trinajstić information content (AvgIpc) is 2.93. The molecule has 0 saturated carbocycles. The molecule has 118 valence electrons. The summed E-state index contributed by atoms with van der Waals surface area (Å²) in [5.74, 6) is -0.160. The Morgan fingerprint density at radius 3 is 2.95 bits per heavy atom. The highest BCUT2D eigenvalue weighted by molar-refractivity contribution is 5.26. The van der Waals surface area contributed by atoms with Crippen molar-refractivity contribution in [2.45, 2.75) is 19.4 Å². The van der Waals surface area contributed by atoms with Gasteiger partial charge in [-0.15, -0.1) is 0 Å². The largest absolute Gasteiger partial charge is 0.371 e. The molecule has 3 rings (SSSR count). The van der Waals surface area contributed by atoms with Crippen LogP contribution >= 0.6 is 0 Å². The molecule has 5 heteroatoms. The molecule has 0 amide bonds. The van der Waals surface area contributed by atoms with Crippen molar-refractivity contribution in [3.63, 3.8) is 0 Å². The van der Waals surface area contributed by atoms with Crippen LogP contribution < -0.4 is 0 Å². The van der Waals surface area contributed by atoms with Gasteiger partial charge < -0.3 is 4.74 Å². The topological polar surface area (TPSA) is 30.3 Å². The van der Waals surface area contributed by atoms with Crippen LogP contribution in [0.2, 0.25) is 0 Å². The van der Waals surface area contributed by atoms with Crippen molar-refractivity contribution in [3.05, 3.63) is 53.1 Å². The van der Waals surface area contributed by atoms with E-state index in [0.29, 0.717) is 12.2 Å². The number of benzene rings is 1. The third-order valence-electron chi connectivity index (χ3n) is 4.31. The van der Waals surface area contributed by atoms with Gasteiger partial charge in [-0.2, -0.15) is 5.10 Å². The van der Waals surface area contributed by atoms with Gasteiger partial charge in [-0.1, -0.05) is 12.1 Å². The summed E-state index contributed by atoms with van der Waals surface area (Å²) >= 11 is 0. The minimum Gasteiger partial charge on any atom is -0.371 e. The summed E-state index contributed by atoms with van der Waals surface area (Å²) in [6, 6.07) is 7.31. The number of nitrogens with zero attached hydrogens (tertiary/aromatic N) is 3. The van der Waals surface area contributed by atoms with E-state index in [2.05, 4.69) is 16.1 Å². The Bertz CT molecular complexity index is 641. The molecular formula is C17H22FN3O. The summed E-state index contributed by atoms with van der Waals surface area (Å²) in [5, 5.41) is 4.20. The molecular weight excluding hydrogens is 281 g/mol. The van der Waals surface area contributed by atoms with Crippen molar-refractivity contribution in [1.82, 2.24) is 14.7 Å². The maximum atomic E-state index is 13.4. The van der Waals surface area contributed by atoms with Gasteiger partial charge in [0.25, 0.3) is 0 Å². The number of rotatable bonds is 4. The van der Waals surface area contributed by atoms with E-state index >= 15 is 0 Å². The third-order valence-corrected chi connectivity index (χ3v) is 4.31. The predicted octanol–water partition coefficient (Wildman–Crippen LogP) is 2.48. The molecule has 1 aliphatic rings. The summed E-state index contributed by atoms with van der Waals surface area (Å²) in [6.45, 7) is 5.28. The fourth-order valence-electron chi connectivity index (χ4n) is 2.89. The lowest BCUT2D eigenvalue weighted by atomic mass is 10.0. The number of morpholine rings is 1. The fourth-order valence-corrected chi connectivity index (χ4v) is 2.89. The Morgan fingerprint density at radius 1 is 1.36 bits per heavy atom. The molecule has 2 heterocycles. The minimum atomic E-state index is -0.160. The molecule has 1 saturated heterocycles. The molecule has 1 aromatic carbocycles. The Hall–Kier alpha value is -1.72. The van der Waals surface area contributed by atoms with Crippen molar-refractivity contribution in [2.75, 3.05) is 26.2 Å². The Kier molecular flexibility index (Phi) is 4.55. The Balaban J connectivity index is 1.61. The standard InChI is InChI=1S/C17H22FN3O/c1-13-11-14(3-4-16(13)18)17-12-21(9-10-22-17)8-6-15-5-7-19-20(15)2/h3-5,7,11,17H,6,8-10,12H2,1-2H3. The average molecular weight is 303 g/mol.